The highest BCUT2D eigenvalue weighted by atomic mass is 19.2. The van der Waals surface area contributed by atoms with E-state index in [-0.39, 0.29) is 16.7 Å². The Morgan fingerprint density at radius 2 is 1.76 bits per heavy atom. The highest BCUT2D eigenvalue weighted by molar-refractivity contribution is 5.66. The number of hydrogen-bond acceptors (Lipinski definition) is 1. The Hall–Kier alpha value is -1.81. The maximum Gasteiger partial charge on any atom is 0.167 e. The first-order chi connectivity index (χ1) is 12.0. The summed E-state index contributed by atoms with van der Waals surface area (Å²) in [5.74, 6) is -2.05. The Kier molecular flexibility index (Phi) is 5.48. The molecule has 1 heterocycles. The first-order valence-electron chi connectivity index (χ1n) is 8.89. The van der Waals surface area contributed by atoms with Crippen LogP contribution in [-0.4, -0.2) is 6.61 Å². The van der Waals surface area contributed by atoms with E-state index in [2.05, 4.69) is 6.92 Å². The van der Waals surface area contributed by atoms with Crippen molar-refractivity contribution in [2.24, 2.45) is 5.92 Å². The van der Waals surface area contributed by atoms with Gasteiger partial charge in [-0.05, 0) is 36.8 Å². The average molecular weight is 348 g/mol. The average Bonchev–Trinajstić information content (AvgIpc) is 2.59. The smallest absolute Gasteiger partial charge is 0.167 e. The van der Waals surface area contributed by atoms with Gasteiger partial charge in [0.1, 0.15) is 5.82 Å². The summed E-state index contributed by atoms with van der Waals surface area (Å²) in [5, 5.41) is 0. The van der Waals surface area contributed by atoms with Gasteiger partial charge in [-0.25, -0.2) is 13.2 Å². The van der Waals surface area contributed by atoms with Crippen LogP contribution in [0.4, 0.5) is 13.2 Å². The maximum atomic E-state index is 14.6. The molecule has 1 aliphatic rings. The lowest BCUT2D eigenvalue weighted by molar-refractivity contribution is -0.0144. The molecule has 1 fully saturated rings. The van der Waals surface area contributed by atoms with Crippen LogP contribution in [0.25, 0.3) is 11.1 Å². The third-order valence-corrected chi connectivity index (χ3v) is 4.82. The second kappa shape index (κ2) is 7.61. The molecule has 0 aliphatic carbocycles. The summed E-state index contributed by atoms with van der Waals surface area (Å²) in [7, 11) is 0. The third-order valence-electron chi connectivity index (χ3n) is 4.82. The molecule has 1 nitrogen and oxygen atoms in total. The molecular formula is C21H23F3O. The number of halogens is 3. The molecule has 0 N–H and O–H groups in total. The lowest BCUT2D eigenvalue weighted by Gasteiger charge is -2.27. The van der Waals surface area contributed by atoms with Gasteiger partial charge < -0.3 is 4.74 Å². The van der Waals surface area contributed by atoms with Crippen molar-refractivity contribution in [1.29, 1.82) is 0 Å². The molecule has 4 heteroatoms. The second-order valence-electron chi connectivity index (χ2n) is 6.90. The molecule has 2 unspecified atom stereocenters. The van der Waals surface area contributed by atoms with Gasteiger partial charge in [-0.3, -0.25) is 0 Å². The van der Waals surface area contributed by atoms with Crippen LogP contribution in [0.1, 0.15) is 50.3 Å². The van der Waals surface area contributed by atoms with Crippen molar-refractivity contribution < 1.29 is 17.9 Å². The lowest BCUT2D eigenvalue weighted by Crippen LogP contribution is -2.19. The van der Waals surface area contributed by atoms with Crippen molar-refractivity contribution in [2.75, 3.05) is 6.61 Å². The normalized spacial score (nSPS) is 20.7. The molecule has 134 valence electrons. The molecule has 25 heavy (non-hydrogen) atoms. The van der Waals surface area contributed by atoms with Crippen LogP contribution in [-0.2, 0) is 11.2 Å². The van der Waals surface area contributed by atoms with Gasteiger partial charge >= 0.3 is 0 Å². The zero-order valence-corrected chi connectivity index (χ0v) is 14.6. The zero-order valence-electron chi connectivity index (χ0n) is 14.6. The first kappa shape index (κ1) is 18.0. The predicted octanol–water partition coefficient (Wildman–Crippen LogP) is 6.21. The lowest BCUT2D eigenvalue weighted by atomic mass is 9.93. The number of benzene rings is 2. The van der Waals surface area contributed by atoms with Crippen molar-refractivity contribution >= 4 is 0 Å². The summed E-state index contributed by atoms with van der Waals surface area (Å²) in [6.07, 6.45) is 2.80. The molecule has 0 radical (unpaired) electrons. The van der Waals surface area contributed by atoms with Gasteiger partial charge in [0.25, 0.3) is 0 Å². The summed E-state index contributed by atoms with van der Waals surface area (Å²) >= 11 is 0. The van der Waals surface area contributed by atoms with E-state index in [1.165, 1.54) is 24.3 Å². The van der Waals surface area contributed by atoms with Crippen LogP contribution in [0.5, 0.6) is 0 Å². The van der Waals surface area contributed by atoms with E-state index in [0.29, 0.717) is 18.9 Å². The van der Waals surface area contributed by atoms with E-state index in [1.807, 2.05) is 6.92 Å². The van der Waals surface area contributed by atoms with Crippen molar-refractivity contribution in [3.63, 3.8) is 0 Å². The molecule has 2 atom stereocenters. The van der Waals surface area contributed by atoms with Crippen molar-refractivity contribution in [3.8, 4) is 11.1 Å². The predicted molar refractivity (Wildman–Crippen MR) is 92.8 cm³/mol. The van der Waals surface area contributed by atoms with Gasteiger partial charge in [-0.1, -0.05) is 44.5 Å². The van der Waals surface area contributed by atoms with E-state index < -0.39 is 23.6 Å². The van der Waals surface area contributed by atoms with Crippen LogP contribution in [0.3, 0.4) is 0 Å². The first-order valence-corrected chi connectivity index (χ1v) is 8.89. The molecule has 1 saturated heterocycles. The number of rotatable bonds is 4. The quantitative estimate of drug-likeness (QED) is 0.638. The number of ether oxygens (including phenoxy) is 1. The molecule has 0 amide bonds. The Morgan fingerprint density at radius 1 is 1.00 bits per heavy atom. The van der Waals surface area contributed by atoms with Gasteiger partial charge in [-0.15, -0.1) is 0 Å². The van der Waals surface area contributed by atoms with Crippen molar-refractivity contribution in [1.82, 2.24) is 0 Å². The van der Waals surface area contributed by atoms with Gasteiger partial charge in [-0.2, -0.15) is 0 Å². The van der Waals surface area contributed by atoms with Crippen LogP contribution in [0, 0.1) is 23.4 Å². The van der Waals surface area contributed by atoms with E-state index in [9.17, 15) is 13.2 Å². The van der Waals surface area contributed by atoms with Crippen LogP contribution >= 0.6 is 0 Å². The molecule has 0 aromatic heterocycles. The molecule has 0 bridgehead atoms. The minimum atomic E-state index is -1.01. The Labute approximate surface area is 146 Å². The molecule has 3 rings (SSSR count). The molecule has 0 saturated carbocycles. The zero-order chi connectivity index (χ0) is 18.0. The monoisotopic (exact) mass is 348 g/mol. The van der Waals surface area contributed by atoms with E-state index in [4.69, 9.17) is 4.74 Å². The van der Waals surface area contributed by atoms with Crippen molar-refractivity contribution in [3.05, 3.63) is 58.9 Å². The van der Waals surface area contributed by atoms with E-state index in [1.54, 1.807) is 6.07 Å². The highest BCUT2D eigenvalue weighted by Crippen LogP contribution is 2.36. The molecule has 2 aromatic carbocycles. The van der Waals surface area contributed by atoms with Gasteiger partial charge in [0.15, 0.2) is 11.6 Å². The SMILES string of the molecule is CCCc1ccc(-c2ccc(C3CCC(C)CO3)c(F)c2F)c(F)c1. The molecular weight excluding hydrogens is 325 g/mol. The second-order valence-corrected chi connectivity index (χ2v) is 6.90. The van der Waals surface area contributed by atoms with Crippen LogP contribution in [0.15, 0.2) is 30.3 Å². The topological polar surface area (TPSA) is 9.23 Å². The maximum absolute atomic E-state index is 14.6. The number of aryl methyl sites for hydroxylation is 1. The van der Waals surface area contributed by atoms with E-state index >= 15 is 0 Å². The van der Waals surface area contributed by atoms with Gasteiger partial charge in [0.05, 0.1) is 6.10 Å². The molecule has 0 spiro atoms. The summed E-state index contributed by atoms with van der Waals surface area (Å²) < 4.78 is 49.2. The standard InChI is InChI=1S/C21H23F3O/c1-3-4-14-6-7-15(18(22)11-14)16-8-9-17(21(24)20(16)23)19-10-5-13(2)12-25-19/h6-9,11,13,19H,3-5,10,12H2,1-2H3. The molecule has 2 aromatic rings. The fraction of sp³-hybridized carbons (Fsp3) is 0.429. The van der Waals surface area contributed by atoms with Gasteiger partial charge in [0.2, 0.25) is 0 Å². The minimum Gasteiger partial charge on any atom is -0.373 e. The largest absolute Gasteiger partial charge is 0.373 e. The summed E-state index contributed by atoms with van der Waals surface area (Å²) in [4.78, 5) is 0. The van der Waals surface area contributed by atoms with Crippen molar-refractivity contribution in [2.45, 2.75) is 45.6 Å². The Bertz CT molecular complexity index is 749. The number of hydrogen-bond donors (Lipinski definition) is 0. The highest BCUT2D eigenvalue weighted by Gasteiger charge is 2.26. The Balaban J connectivity index is 1.93. The third kappa shape index (κ3) is 3.74. The van der Waals surface area contributed by atoms with Gasteiger partial charge in [0, 0.05) is 23.3 Å². The molecule has 1 aliphatic heterocycles. The fourth-order valence-corrected chi connectivity index (χ4v) is 3.37. The summed E-state index contributed by atoms with van der Waals surface area (Å²) in [6, 6.07) is 7.66. The van der Waals surface area contributed by atoms with E-state index in [0.717, 1.165) is 24.8 Å². The fourth-order valence-electron chi connectivity index (χ4n) is 3.37. The van der Waals surface area contributed by atoms with Crippen LogP contribution < -0.4 is 0 Å². The summed E-state index contributed by atoms with van der Waals surface area (Å²) in [6.45, 7) is 4.62. The minimum absolute atomic E-state index is 0.0500. The summed E-state index contributed by atoms with van der Waals surface area (Å²) in [5.41, 5.74) is 1.11. The Morgan fingerprint density at radius 3 is 2.40 bits per heavy atom. The van der Waals surface area contributed by atoms with Crippen LogP contribution in [0.2, 0.25) is 0 Å².